The van der Waals surface area contributed by atoms with E-state index in [2.05, 4.69) is 5.32 Å². The zero-order chi connectivity index (χ0) is 30.0. The molecule has 0 aliphatic carbocycles. The standard InChI is InChI=1S/C32H39N3O5S/c1-5-6-19-33-32(38)30(20-26-11-8-7-9-12-26)34(22-27-17-15-24(2)16-18-27)31(37)23-35(41(4,39)40)29-14-10-13-28(21-29)25(3)36/h7-18,21,30H,5-6,19-20,22-23H2,1-4H3,(H,33,38)/t30-/m0/s1. The van der Waals surface area contributed by atoms with Gasteiger partial charge in [-0.05, 0) is 43.5 Å². The lowest BCUT2D eigenvalue weighted by atomic mass is 10.0. The number of anilines is 1. The Labute approximate surface area is 243 Å². The molecule has 0 radical (unpaired) electrons. The predicted octanol–water partition coefficient (Wildman–Crippen LogP) is 4.52. The average Bonchev–Trinajstić information content (AvgIpc) is 2.94. The molecule has 0 spiro atoms. The van der Waals surface area contributed by atoms with Crippen LogP contribution in [0.2, 0.25) is 0 Å². The van der Waals surface area contributed by atoms with Crippen molar-refractivity contribution in [2.45, 2.75) is 52.6 Å². The Morgan fingerprint density at radius 1 is 0.902 bits per heavy atom. The van der Waals surface area contributed by atoms with Crippen LogP contribution in [0.4, 0.5) is 5.69 Å². The van der Waals surface area contributed by atoms with Crippen LogP contribution in [0.25, 0.3) is 0 Å². The van der Waals surface area contributed by atoms with E-state index in [1.165, 1.54) is 17.9 Å². The number of unbranched alkanes of at least 4 members (excludes halogenated alkanes) is 1. The first-order valence-electron chi connectivity index (χ1n) is 13.7. The quantitative estimate of drug-likeness (QED) is 0.224. The Balaban J connectivity index is 2.04. The normalized spacial score (nSPS) is 11.9. The molecule has 9 heteroatoms. The van der Waals surface area contributed by atoms with E-state index in [-0.39, 0.29) is 30.3 Å². The van der Waals surface area contributed by atoms with Crippen molar-refractivity contribution in [1.29, 1.82) is 0 Å². The highest BCUT2D eigenvalue weighted by atomic mass is 32.2. The van der Waals surface area contributed by atoms with Gasteiger partial charge in [-0.2, -0.15) is 0 Å². The van der Waals surface area contributed by atoms with Crippen LogP contribution in [0.3, 0.4) is 0 Å². The molecular formula is C32H39N3O5S. The largest absolute Gasteiger partial charge is 0.354 e. The highest BCUT2D eigenvalue weighted by molar-refractivity contribution is 7.92. The van der Waals surface area contributed by atoms with E-state index < -0.39 is 28.5 Å². The third-order valence-electron chi connectivity index (χ3n) is 6.79. The number of sulfonamides is 1. The van der Waals surface area contributed by atoms with Gasteiger partial charge < -0.3 is 10.2 Å². The molecule has 1 atom stereocenters. The molecule has 0 aliphatic rings. The van der Waals surface area contributed by atoms with Crippen molar-refractivity contribution >= 4 is 33.3 Å². The molecular weight excluding hydrogens is 538 g/mol. The van der Waals surface area contributed by atoms with Crippen molar-refractivity contribution in [3.05, 3.63) is 101 Å². The fourth-order valence-corrected chi connectivity index (χ4v) is 5.29. The molecule has 0 saturated heterocycles. The Hall–Kier alpha value is -3.98. The van der Waals surface area contributed by atoms with E-state index in [0.29, 0.717) is 12.1 Å². The van der Waals surface area contributed by atoms with Crippen LogP contribution >= 0.6 is 0 Å². The topological polar surface area (TPSA) is 104 Å². The third-order valence-corrected chi connectivity index (χ3v) is 7.93. The van der Waals surface area contributed by atoms with Gasteiger partial charge in [-0.3, -0.25) is 18.7 Å². The molecule has 1 N–H and O–H groups in total. The lowest BCUT2D eigenvalue weighted by molar-refractivity contribution is -0.140. The number of hydrogen-bond donors (Lipinski definition) is 1. The van der Waals surface area contributed by atoms with Crippen molar-refractivity contribution in [3.8, 4) is 0 Å². The van der Waals surface area contributed by atoms with E-state index in [0.717, 1.165) is 40.1 Å². The van der Waals surface area contributed by atoms with Crippen LogP contribution in [0.1, 0.15) is 53.7 Å². The summed E-state index contributed by atoms with van der Waals surface area (Å²) >= 11 is 0. The number of ketones is 1. The van der Waals surface area contributed by atoms with E-state index >= 15 is 0 Å². The molecule has 0 aliphatic heterocycles. The lowest BCUT2D eigenvalue weighted by Crippen LogP contribution is -2.53. The maximum absolute atomic E-state index is 14.1. The molecule has 41 heavy (non-hydrogen) atoms. The number of benzene rings is 3. The highest BCUT2D eigenvalue weighted by Crippen LogP contribution is 2.22. The second kappa shape index (κ2) is 14.6. The van der Waals surface area contributed by atoms with Gasteiger partial charge in [-0.15, -0.1) is 0 Å². The maximum Gasteiger partial charge on any atom is 0.244 e. The van der Waals surface area contributed by atoms with Crippen LogP contribution in [0.5, 0.6) is 0 Å². The Bertz CT molecular complexity index is 1440. The van der Waals surface area contributed by atoms with Crippen molar-refractivity contribution in [2.24, 2.45) is 0 Å². The van der Waals surface area contributed by atoms with Gasteiger partial charge in [0, 0.05) is 25.1 Å². The van der Waals surface area contributed by atoms with Gasteiger partial charge in [0.2, 0.25) is 21.8 Å². The van der Waals surface area contributed by atoms with Crippen LogP contribution in [0, 0.1) is 6.92 Å². The first-order chi connectivity index (χ1) is 19.5. The highest BCUT2D eigenvalue weighted by Gasteiger charge is 2.33. The van der Waals surface area contributed by atoms with Gasteiger partial charge >= 0.3 is 0 Å². The number of Topliss-reactive ketones (excluding diaryl/α,β-unsaturated/α-hetero) is 1. The zero-order valence-corrected chi connectivity index (χ0v) is 25.0. The van der Waals surface area contributed by atoms with E-state index in [1.54, 1.807) is 18.2 Å². The molecule has 0 aromatic heterocycles. The van der Waals surface area contributed by atoms with Gasteiger partial charge in [0.1, 0.15) is 12.6 Å². The molecule has 0 saturated carbocycles. The summed E-state index contributed by atoms with van der Waals surface area (Å²) in [5.74, 6) is -1.05. The number of amides is 2. The summed E-state index contributed by atoms with van der Waals surface area (Å²) in [6, 6.07) is 22.4. The molecule has 3 aromatic carbocycles. The van der Waals surface area contributed by atoms with Crippen molar-refractivity contribution in [1.82, 2.24) is 10.2 Å². The summed E-state index contributed by atoms with van der Waals surface area (Å²) in [4.78, 5) is 41.2. The SMILES string of the molecule is CCCCNC(=O)[C@H](Cc1ccccc1)N(Cc1ccc(C)cc1)C(=O)CN(c1cccc(C(C)=O)c1)S(C)(=O)=O. The fourth-order valence-electron chi connectivity index (χ4n) is 4.44. The van der Waals surface area contributed by atoms with Gasteiger partial charge in [-0.25, -0.2) is 8.42 Å². The molecule has 3 aromatic rings. The summed E-state index contributed by atoms with van der Waals surface area (Å²) in [6.07, 6.45) is 2.97. The number of hydrogen-bond acceptors (Lipinski definition) is 5. The number of carbonyl (C=O) groups is 3. The molecule has 8 nitrogen and oxygen atoms in total. The van der Waals surface area contributed by atoms with Gasteiger partial charge in [0.25, 0.3) is 0 Å². The van der Waals surface area contributed by atoms with Crippen LogP contribution in [0.15, 0.2) is 78.9 Å². The smallest absolute Gasteiger partial charge is 0.244 e. The average molecular weight is 578 g/mol. The van der Waals surface area contributed by atoms with Crippen LogP contribution < -0.4 is 9.62 Å². The number of carbonyl (C=O) groups excluding carboxylic acids is 3. The maximum atomic E-state index is 14.1. The lowest BCUT2D eigenvalue weighted by Gasteiger charge is -2.33. The van der Waals surface area contributed by atoms with Crippen molar-refractivity contribution in [2.75, 3.05) is 23.7 Å². The summed E-state index contributed by atoms with van der Waals surface area (Å²) in [7, 11) is -3.92. The van der Waals surface area contributed by atoms with Gasteiger partial charge in [0.15, 0.2) is 5.78 Å². The number of nitrogens with one attached hydrogen (secondary N) is 1. The van der Waals surface area contributed by atoms with Crippen molar-refractivity contribution in [3.63, 3.8) is 0 Å². The Kier molecular flexibility index (Phi) is 11.2. The summed E-state index contributed by atoms with van der Waals surface area (Å²) < 4.78 is 26.8. The molecule has 0 unspecified atom stereocenters. The minimum absolute atomic E-state index is 0.114. The summed E-state index contributed by atoms with van der Waals surface area (Å²) in [5.41, 5.74) is 3.28. The molecule has 0 heterocycles. The molecule has 0 fully saturated rings. The Morgan fingerprint density at radius 2 is 1.59 bits per heavy atom. The monoisotopic (exact) mass is 577 g/mol. The van der Waals surface area contributed by atoms with E-state index in [9.17, 15) is 22.8 Å². The van der Waals surface area contributed by atoms with Crippen LogP contribution in [-0.4, -0.2) is 56.3 Å². The van der Waals surface area contributed by atoms with Crippen molar-refractivity contribution < 1.29 is 22.8 Å². The minimum Gasteiger partial charge on any atom is -0.354 e. The van der Waals surface area contributed by atoms with E-state index in [4.69, 9.17) is 0 Å². The first-order valence-corrected chi connectivity index (χ1v) is 15.6. The molecule has 3 rings (SSSR count). The molecule has 218 valence electrons. The van der Waals surface area contributed by atoms with Crippen LogP contribution in [-0.2, 0) is 32.6 Å². The summed E-state index contributed by atoms with van der Waals surface area (Å²) in [6.45, 7) is 5.44. The third kappa shape index (κ3) is 9.28. The molecule has 2 amide bonds. The van der Waals surface area contributed by atoms with Gasteiger partial charge in [0.05, 0.1) is 11.9 Å². The first kappa shape index (κ1) is 31.5. The Morgan fingerprint density at radius 3 is 2.20 bits per heavy atom. The number of nitrogens with zero attached hydrogens (tertiary/aromatic N) is 2. The summed E-state index contributed by atoms with van der Waals surface area (Å²) in [5, 5.41) is 2.97. The van der Waals surface area contributed by atoms with E-state index in [1.807, 2.05) is 68.4 Å². The second-order valence-electron chi connectivity index (χ2n) is 10.2. The second-order valence-corrected chi connectivity index (χ2v) is 12.1. The number of aryl methyl sites for hydroxylation is 1. The fraction of sp³-hybridized carbons (Fsp3) is 0.344. The zero-order valence-electron chi connectivity index (χ0n) is 24.2. The minimum atomic E-state index is -3.92. The van der Waals surface area contributed by atoms with Gasteiger partial charge in [-0.1, -0.05) is 85.6 Å². The predicted molar refractivity (Wildman–Crippen MR) is 162 cm³/mol. The number of rotatable bonds is 14. The molecule has 0 bridgehead atoms.